The van der Waals surface area contributed by atoms with E-state index >= 15 is 0 Å². The summed E-state index contributed by atoms with van der Waals surface area (Å²) in [5.41, 5.74) is 0.824. The minimum absolute atomic E-state index is 0.392. The van der Waals surface area contributed by atoms with Crippen LogP contribution in [-0.4, -0.2) is 13.2 Å². The van der Waals surface area contributed by atoms with Crippen LogP contribution in [0.5, 0.6) is 0 Å². The lowest BCUT2D eigenvalue weighted by Gasteiger charge is -2.42. The van der Waals surface area contributed by atoms with Crippen molar-refractivity contribution in [3.8, 4) is 0 Å². The Morgan fingerprint density at radius 3 is 2.18 bits per heavy atom. The Morgan fingerprint density at radius 2 is 1.82 bits per heavy atom. The topological polar surface area (TPSA) is 9.23 Å². The molecule has 1 heterocycles. The molecular weight excluding hydrogens is 136 g/mol. The van der Waals surface area contributed by atoms with Crippen molar-refractivity contribution in [1.29, 1.82) is 0 Å². The van der Waals surface area contributed by atoms with E-state index in [1.54, 1.807) is 0 Å². The first-order valence-corrected chi connectivity index (χ1v) is 4.55. The molecule has 0 aromatic carbocycles. The highest BCUT2D eigenvalue weighted by molar-refractivity contribution is 4.85. The minimum atomic E-state index is 0.392. The maximum Gasteiger partial charge on any atom is 0.0520 e. The number of hydrogen-bond acceptors (Lipinski definition) is 1. The molecule has 1 unspecified atom stereocenters. The molecule has 1 fully saturated rings. The van der Waals surface area contributed by atoms with E-state index in [1.807, 2.05) is 0 Å². The van der Waals surface area contributed by atoms with E-state index in [-0.39, 0.29) is 0 Å². The third-order valence-corrected chi connectivity index (χ3v) is 2.70. The molecule has 0 aliphatic carbocycles. The summed E-state index contributed by atoms with van der Waals surface area (Å²) in [4.78, 5) is 0. The van der Waals surface area contributed by atoms with Crippen LogP contribution in [0.15, 0.2) is 0 Å². The second kappa shape index (κ2) is 2.78. The van der Waals surface area contributed by atoms with E-state index in [0.29, 0.717) is 10.8 Å². The van der Waals surface area contributed by atoms with Crippen LogP contribution in [0, 0.1) is 10.8 Å². The maximum atomic E-state index is 5.59. The zero-order valence-electron chi connectivity index (χ0n) is 8.24. The van der Waals surface area contributed by atoms with Crippen LogP contribution >= 0.6 is 0 Å². The van der Waals surface area contributed by atoms with Crippen molar-refractivity contribution in [3.63, 3.8) is 0 Å². The molecule has 0 radical (unpaired) electrons. The fourth-order valence-electron chi connectivity index (χ4n) is 2.06. The summed E-state index contributed by atoms with van der Waals surface area (Å²) in [5, 5.41) is 0. The lowest BCUT2D eigenvalue weighted by Crippen LogP contribution is -2.38. The Hall–Kier alpha value is -0.0400. The van der Waals surface area contributed by atoms with Gasteiger partial charge in [0.25, 0.3) is 0 Å². The normalized spacial score (nSPS) is 37.1. The average Bonchev–Trinajstić information content (AvgIpc) is 1.85. The molecule has 0 spiro atoms. The van der Waals surface area contributed by atoms with Crippen LogP contribution in [0.2, 0.25) is 0 Å². The van der Waals surface area contributed by atoms with Crippen LogP contribution in [0.4, 0.5) is 0 Å². The van der Waals surface area contributed by atoms with Crippen LogP contribution in [0.1, 0.15) is 40.5 Å². The predicted octanol–water partition coefficient (Wildman–Crippen LogP) is 2.85. The van der Waals surface area contributed by atoms with E-state index < -0.39 is 0 Å². The SMILES string of the molecule is CCC1(C)COCC(C)(C)C1. The lowest BCUT2D eigenvalue weighted by atomic mass is 9.71. The molecule has 1 rings (SSSR count). The Bertz CT molecular complexity index is 140. The summed E-state index contributed by atoms with van der Waals surface area (Å²) in [6.07, 6.45) is 2.53. The van der Waals surface area contributed by atoms with Crippen LogP contribution < -0.4 is 0 Å². The first kappa shape index (κ1) is 9.05. The van der Waals surface area contributed by atoms with E-state index in [0.717, 1.165) is 13.2 Å². The van der Waals surface area contributed by atoms with Crippen molar-refractivity contribution in [2.24, 2.45) is 10.8 Å². The molecule has 0 aromatic rings. The van der Waals surface area contributed by atoms with Gasteiger partial charge in [-0.2, -0.15) is 0 Å². The zero-order chi connectivity index (χ0) is 8.54. The van der Waals surface area contributed by atoms with Gasteiger partial charge in [0.2, 0.25) is 0 Å². The first-order chi connectivity index (χ1) is 4.97. The number of rotatable bonds is 1. The standard InChI is InChI=1S/C10H20O/c1-5-10(4)6-9(2,3)7-11-8-10/h5-8H2,1-4H3. The number of ether oxygens (including phenoxy) is 1. The molecule has 1 saturated heterocycles. The molecule has 1 aliphatic heterocycles. The molecule has 1 nitrogen and oxygen atoms in total. The molecule has 1 aliphatic rings. The van der Waals surface area contributed by atoms with Crippen molar-refractivity contribution in [2.75, 3.05) is 13.2 Å². The van der Waals surface area contributed by atoms with Gasteiger partial charge in [-0.3, -0.25) is 0 Å². The summed E-state index contributed by atoms with van der Waals surface area (Å²) in [7, 11) is 0. The fraction of sp³-hybridized carbons (Fsp3) is 1.00. The smallest absolute Gasteiger partial charge is 0.0520 e. The second-order valence-electron chi connectivity index (χ2n) is 5.00. The van der Waals surface area contributed by atoms with E-state index in [4.69, 9.17) is 4.74 Å². The molecule has 0 bridgehead atoms. The van der Waals surface area contributed by atoms with Crippen LogP contribution in [0.3, 0.4) is 0 Å². The second-order valence-corrected chi connectivity index (χ2v) is 5.00. The van der Waals surface area contributed by atoms with E-state index in [2.05, 4.69) is 27.7 Å². The zero-order valence-corrected chi connectivity index (χ0v) is 8.24. The van der Waals surface area contributed by atoms with Crippen molar-refractivity contribution in [1.82, 2.24) is 0 Å². The van der Waals surface area contributed by atoms with Gasteiger partial charge < -0.3 is 4.74 Å². The molecule has 11 heavy (non-hydrogen) atoms. The summed E-state index contributed by atoms with van der Waals surface area (Å²) >= 11 is 0. The molecule has 1 heteroatoms. The van der Waals surface area contributed by atoms with Crippen LogP contribution in [-0.2, 0) is 4.74 Å². The highest BCUT2D eigenvalue weighted by atomic mass is 16.5. The first-order valence-electron chi connectivity index (χ1n) is 4.55. The molecule has 0 aromatic heterocycles. The maximum absolute atomic E-state index is 5.59. The molecule has 0 amide bonds. The van der Waals surface area contributed by atoms with E-state index in [9.17, 15) is 0 Å². The quantitative estimate of drug-likeness (QED) is 0.567. The van der Waals surface area contributed by atoms with Gasteiger partial charge in [0.1, 0.15) is 0 Å². The average molecular weight is 156 g/mol. The third kappa shape index (κ3) is 2.19. The third-order valence-electron chi connectivity index (χ3n) is 2.70. The monoisotopic (exact) mass is 156 g/mol. The Labute approximate surface area is 70.1 Å². The highest BCUT2D eigenvalue weighted by Crippen LogP contribution is 2.40. The van der Waals surface area contributed by atoms with Crippen molar-refractivity contribution in [2.45, 2.75) is 40.5 Å². The summed E-state index contributed by atoms with van der Waals surface area (Å²) in [5.74, 6) is 0. The molecular formula is C10H20O. The van der Waals surface area contributed by atoms with Gasteiger partial charge in [0, 0.05) is 0 Å². The summed E-state index contributed by atoms with van der Waals surface area (Å²) in [6, 6.07) is 0. The van der Waals surface area contributed by atoms with Crippen molar-refractivity contribution >= 4 is 0 Å². The summed E-state index contributed by atoms with van der Waals surface area (Å²) < 4.78 is 5.59. The van der Waals surface area contributed by atoms with E-state index in [1.165, 1.54) is 12.8 Å². The van der Waals surface area contributed by atoms with Gasteiger partial charge in [-0.1, -0.05) is 27.7 Å². The van der Waals surface area contributed by atoms with Crippen molar-refractivity contribution < 1.29 is 4.74 Å². The molecule has 66 valence electrons. The minimum Gasteiger partial charge on any atom is -0.380 e. The van der Waals surface area contributed by atoms with Gasteiger partial charge in [-0.05, 0) is 23.7 Å². The predicted molar refractivity (Wildman–Crippen MR) is 47.6 cm³/mol. The summed E-state index contributed by atoms with van der Waals surface area (Å²) in [6.45, 7) is 11.0. The van der Waals surface area contributed by atoms with Gasteiger partial charge in [-0.25, -0.2) is 0 Å². The highest BCUT2D eigenvalue weighted by Gasteiger charge is 2.35. The molecule has 0 N–H and O–H groups in total. The largest absolute Gasteiger partial charge is 0.380 e. The van der Waals surface area contributed by atoms with Gasteiger partial charge in [-0.15, -0.1) is 0 Å². The molecule has 1 atom stereocenters. The van der Waals surface area contributed by atoms with Gasteiger partial charge >= 0.3 is 0 Å². The van der Waals surface area contributed by atoms with Crippen LogP contribution in [0.25, 0.3) is 0 Å². The Kier molecular flexibility index (Phi) is 2.29. The fourth-order valence-corrected chi connectivity index (χ4v) is 2.06. The Morgan fingerprint density at radius 1 is 1.18 bits per heavy atom. The molecule has 0 saturated carbocycles. The Balaban J connectivity index is 2.59. The van der Waals surface area contributed by atoms with Gasteiger partial charge in [0.15, 0.2) is 0 Å². The van der Waals surface area contributed by atoms with Crippen molar-refractivity contribution in [3.05, 3.63) is 0 Å². The van der Waals surface area contributed by atoms with Gasteiger partial charge in [0.05, 0.1) is 13.2 Å². The number of hydrogen-bond donors (Lipinski definition) is 0. The lowest BCUT2D eigenvalue weighted by molar-refractivity contribution is -0.0697.